The van der Waals surface area contributed by atoms with Gasteiger partial charge in [-0.3, -0.25) is 14.6 Å². The minimum atomic E-state index is -0.0309. The molecule has 30 heavy (non-hydrogen) atoms. The third-order valence-corrected chi connectivity index (χ3v) is 5.66. The van der Waals surface area contributed by atoms with Crippen LogP contribution in [0, 0.1) is 0 Å². The van der Waals surface area contributed by atoms with Crippen LogP contribution in [0.25, 0.3) is 0 Å². The molecule has 1 unspecified atom stereocenters. The summed E-state index contributed by atoms with van der Waals surface area (Å²) in [5, 5.41) is 3.07. The van der Waals surface area contributed by atoms with E-state index in [0.29, 0.717) is 13.1 Å². The van der Waals surface area contributed by atoms with Crippen LogP contribution in [0.4, 0.5) is 0 Å². The molecule has 2 aromatic carbocycles. The number of piperazine rings is 1. The molecule has 2 aliphatic rings. The largest absolute Gasteiger partial charge is 0.371 e. The van der Waals surface area contributed by atoms with Gasteiger partial charge in [0, 0.05) is 39.3 Å². The van der Waals surface area contributed by atoms with Gasteiger partial charge in [0.15, 0.2) is 0 Å². The van der Waals surface area contributed by atoms with Gasteiger partial charge in [-0.25, -0.2) is 0 Å². The van der Waals surface area contributed by atoms with Crippen LogP contribution in [0.1, 0.15) is 22.8 Å². The summed E-state index contributed by atoms with van der Waals surface area (Å²) < 4.78 is 5.88. The first-order valence-electron chi connectivity index (χ1n) is 10.2. The number of nitrogens with zero attached hydrogens (tertiary/aromatic N) is 2. The van der Waals surface area contributed by atoms with E-state index in [1.54, 1.807) is 0 Å². The molecule has 4 rings (SSSR count). The summed E-state index contributed by atoms with van der Waals surface area (Å²) in [5.41, 5.74) is 3.90. The minimum Gasteiger partial charge on any atom is -0.371 e. The Morgan fingerprint density at radius 3 is 2.37 bits per heavy atom. The van der Waals surface area contributed by atoms with Crippen molar-refractivity contribution in [2.45, 2.75) is 19.1 Å². The molecule has 0 spiro atoms. The van der Waals surface area contributed by atoms with Crippen LogP contribution in [0.3, 0.4) is 0 Å². The summed E-state index contributed by atoms with van der Waals surface area (Å²) >= 11 is 0. The van der Waals surface area contributed by atoms with Crippen molar-refractivity contribution in [2.24, 2.45) is 0 Å². The van der Waals surface area contributed by atoms with E-state index in [1.807, 2.05) is 6.07 Å². The predicted octanol–water partition coefficient (Wildman–Crippen LogP) is 3.08. The molecule has 1 fully saturated rings. The Hall–Kier alpha value is -1.63. The zero-order chi connectivity index (χ0) is 19.2. The number of carbonyl (C=O) groups is 1. The van der Waals surface area contributed by atoms with E-state index in [-0.39, 0.29) is 36.8 Å². The number of ether oxygens (including phenoxy) is 1. The minimum absolute atomic E-state index is 0. The standard InChI is InChI=1S/C23H29N3O2.2ClH/c27-23(24-16-22-21-9-5-4-8-20(21)10-15-28-22)18-26-13-11-25(12-14-26)17-19-6-2-1-3-7-19;;/h1-9,22H,10-18H2,(H,24,27);2*1H. The lowest BCUT2D eigenvalue weighted by atomic mass is 9.97. The molecule has 0 radical (unpaired) electrons. The van der Waals surface area contributed by atoms with E-state index in [2.05, 4.69) is 63.6 Å². The number of fused-ring (bicyclic) bond motifs is 1. The monoisotopic (exact) mass is 451 g/mol. The molecule has 0 saturated carbocycles. The Labute approximate surface area is 191 Å². The number of carbonyl (C=O) groups excluding carboxylic acids is 1. The first-order chi connectivity index (χ1) is 13.8. The average Bonchev–Trinajstić information content (AvgIpc) is 2.74. The lowest BCUT2D eigenvalue weighted by molar-refractivity contribution is -0.123. The topological polar surface area (TPSA) is 44.8 Å². The maximum Gasteiger partial charge on any atom is 0.234 e. The molecule has 1 saturated heterocycles. The van der Waals surface area contributed by atoms with Crippen LogP contribution >= 0.6 is 24.8 Å². The summed E-state index contributed by atoms with van der Waals surface area (Å²) in [4.78, 5) is 17.1. The van der Waals surface area contributed by atoms with Crippen molar-refractivity contribution in [1.29, 1.82) is 0 Å². The number of benzene rings is 2. The summed E-state index contributed by atoms with van der Waals surface area (Å²) in [6.07, 6.45) is 0.921. The molecule has 0 bridgehead atoms. The highest BCUT2D eigenvalue weighted by Crippen LogP contribution is 2.26. The second-order valence-corrected chi connectivity index (χ2v) is 7.65. The van der Waals surface area contributed by atoms with Crippen LogP contribution in [-0.4, -0.2) is 61.6 Å². The molecule has 7 heteroatoms. The summed E-state index contributed by atoms with van der Waals surface area (Å²) in [7, 11) is 0. The van der Waals surface area contributed by atoms with Crippen molar-refractivity contribution in [2.75, 3.05) is 45.9 Å². The second-order valence-electron chi connectivity index (χ2n) is 7.65. The van der Waals surface area contributed by atoms with Gasteiger partial charge in [-0.05, 0) is 23.1 Å². The molecule has 1 atom stereocenters. The number of hydrogen-bond donors (Lipinski definition) is 1. The van der Waals surface area contributed by atoms with Gasteiger partial charge in [0.2, 0.25) is 5.91 Å². The fraction of sp³-hybridized carbons (Fsp3) is 0.435. The van der Waals surface area contributed by atoms with E-state index in [1.165, 1.54) is 16.7 Å². The van der Waals surface area contributed by atoms with E-state index in [9.17, 15) is 4.79 Å². The number of amides is 1. The molecule has 1 N–H and O–H groups in total. The van der Waals surface area contributed by atoms with Gasteiger partial charge in [0.25, 0.3) is 0 Å². The van der Waals surface area contributed by atoms with E-state index < -0.39 is 0 Å². The van der Waals surface area contributed by atoms with Crippen LogP contribution < -0.4 is 5.32 Å². The van der Waals surface area contributed by atoms with Gasteiger partial charge in [-0.2, -0.15) is 0 Å². The first-order valence-corrected chi connectivity index (χ1v) is 10.2. The lowest BCUT2D eigenvalue weighted by Crippen LogP contribution is -2.49. The third-order valence-electron chi connectivity index (χ3n) is 5.66. The zero-order valence-electron chi connectivity index (χ0n) is 17.2. The molecule has 0 aliphatic carbocycles. The highest BCUT2D eigenvalue weighted by atomic mass is 35.5. The highest BCUT2D eigenvalue weighted by Gasteiger charge is 2.22. The predicted molar refractivity (Wildman–Crippen MR) is 125 cm³/mol. The SMILES string of the molecule is Cl.Cl.O=C(CN1CCN(Cc2ccccc2)CC1)NCC1OCCc2ccccc21. The van der Waals surface area contributed by atoms with Crippen molar-refractivity contribution in [3.05, 3.63) is 71.3 Å². The Morgan fingerprint density at radius 2 is 1.60 bits per heavy atom. The third kappa shape index (κ3) is 6.69. The van der Waals surface area contributed by atoms with E-state index in [0.717, 1.165) is 45.8 Å². The van der Waals surface area contributed by atoms with Gasteiger partial charge in [0.05, 0.1) is 13.2 Å². The highest BCUT2D eigenvalue weighted by molar-refractivity contribution is 5.85. The summed E-state index contributed by atoms with van der Waals surface area (Å²) in [6.45, 7) is 6.59. The molecular weight excluding hydrogens is 421 g/mol. The zero-order valence-corrected chi connectivity index (χ0v) is 18.8. The maximum absolute atomic E-state index is 12.4. The average molecular weight is 452 g/mol. The van der Waals surface area contributed by atoms with E-state index in [4.69, 9.17) is 4.74 Å². The number of rotatable bonds is 6. The molecule has 2 aliphatic heterocycles. The normalized spacial score (nSPS) is 19.1. The second kappa shape index (κ2) is 12.3. The summed E-state index contributed by atoms with van der Waals surface area (Å²) in [5.74, 6) is 0.0863. The molecular formula is C23H31Cl2N3O2. The van der Waals surface area contributed by atoms with Crippen LogP contribution in [0.15, 0.2) is 54.6 Å². The van der Waals surface area contributed by atoms with Crippen molar-refractivity contribution in [3.8, 4) is 0 Å². The Bertz CT molecular complexity index is 783. The summed E-state index contributed by atoms with van der Waals surface area (Å²) in [6, 6.07) is 18.9. The van der Waals surface area contributed by atoms with Gasteiger partial charge in [0.1, 0.15) is 6.10 Å². The Kier molecular flexibility index (Phi) is 10.1. The van der Waals surface area contributed by atoms with Crippen molar-refractivity contribution >= 4 is 30.7 Å². The Balaban J connectivity index is 0.00000160. The van der Waals surface area contributed by atoms with E-state index >= 15 is 0 Å². The molecule has 2 aromatic rings. The van der Waals surface area contributed by atoms with Gasteiger partial charge >= 0.3 is 0 Å². The molecule has 5 nitrogen and oxygen atoms in total. The van der Waals surface area contributed by atoms with Crippen LogP contribution in [0.2, 0.25) is 0 Å². The van der Waals surface area contributed by atoms with Gasteiger partial charge in [-0.15, -0.1) is 24.8 Å². The number of hydrogen-bond acceptors (Lipinski definition) is 4. The molecule has 0 aromatic heterocycles. The smallest absolute Gasteiger partial charge is 0.234 e. The van der Waals surface area contributed by atoms with Crippen LogP contribution in [0.5, 0.6) is 0 Å². The first kappa shape index (κ1) is 24.6. The number of halogens is 2. The molecule has 2 heterocycles. The fourth-order valence-corrected chi connectivity index (χ4v) is 4.06. The maximum atomic E-state index is 12.4. The quantitative estimate of drug-likeness (QED) is 0.732. The van der Waals surface area contributed by atoms with Crippen molar-refractivity contribution < 1.29 is 9.53 Å². The molecule has 1 amide bonds. The van der Waals surface area contributed by atoms with Gasteiger partial charge in [-0.1, -0.05) is 54.6 Å². The molecule has 164 valence electrons. The number of nitrogens with one attached hydrogen (secondary N) is 1. The fourth-order valence-electron chi connectivity index (χ4n) is 4.06. The van der Waals surface area contributed by atoms with Crippen molar-refractivity contribution in [3.63, 3.8) is 0 Å². The lowest BCUT2D eigenvalue weighted by Gasteiger charge is -2.34. The van der Waals surface area contributed by atoms with Crippen molar-refractivity contribution in [1.82, 2.24) is 15.1 Å². The Morgan fingerprint density at radius 1 is 0.933 bits per heavy atom. The van der Waals surface area contributed by atoms with Crippen LogP contribution in [-0.2, 0) is 22.5 Å². The van der Waals surface area contributed by atoms with Gasteiger partial charge < -0.3 is 10.1 Å².